The van der Waals surface area contributed by atoms with Crippen molar-refractivity contribution in [2.45, 2.75) is 60.0 Å². The van der Waals surface area contributed by atoms with Crippen LogP contribution in [0.3, 0.4) is 0 Å². The molecule has 0 aliphatic rings. The Hall–Kier alpha value is -5.01. The summed E-state index contributed by atoms with van der Waals surface area (Å²) in [5.41, 5.74) is 3.16. The predicted molar refractivity (Wildman–Crippen MR) is 152 cm³/mol. The van der Waals surface area contributed by atoms with E-state index in [1.54, 1.807) is 26.0 Å². The van der Waals surface area contributed by atoms with Crippen molar-refractivity contribution in [2.75, 3.05) is 18.7 Å². The normalized spacial score (nSPS) is 12.1. The van der Waals surface area contributed by atoms with Gasteiger partial charge in [-0.25, -0.2) is 24.0 Å². The van der Waals surface area contributed by atoms with E-state index in [0.717, 1.165) is 16.9 Å². The van der Waals surface area contributed by atoms with Crippen LogP contribution in [-0.4, -0.2) is 75.2 Å². The third-order valence-electron chi connectivity index (χ3n) is 6.64. The second-order valence-corrected chi connectivity index (χ2v) is 9.55. The number of ether oxygens (including phenoxy) is 2. The van der Waals surface area contributed by atoms with Crippen molar-refractivity contribution < 1.29 is 33.4 Å². The van der Waals surface area contributed by atoms with Crippen LogP contribution in [0, 0.1) is 13.8 Å². The Morgan fingerprint density at radius 1 is 1.12 bits per heavy atom. The van der Waals surface area contributed by atoms with E-state index in [9.17, 15) is 24.0 Å². The van der Waals surface area contributed by atoms with E-state index in [1.165, 1.54) is 24.0 Å². The smallest absolute Gasteiger partial charge is 0.419 e. The van der Waals surface area contributed by atoms with E-state index in [4.69, 9.17) is 9.47 Å². The molecule has 0 fully saturated rings. The van der Waals surface area contributed by atoms with Gasteiger partial charge >= 0.3 is 12.1 Å². The molecule has 1 aromatic carbocycles. The number of esters is 1. The number of hydrogen-bond acceptors (Lipinski definition) is 10. The topological polar surface area (TPSA) is 173 Å². The lowest BCUT2D eigenvalue weighted by Gasteiger charge is -2.18. The van der Waals surface area contributed by atoms with Gasteiger partial charge in [0.1, 0.15) is 17.9 Å². The molecule has 2 heterocycles. The molecule has 2 unspecified atom stereocenters. The van der Waals surface area contributed by atoms with Gasteiger partial charge in [-0.15, -0.1) is 0 Å². The largest absolute Gasteiger partial charge is 0.426 e. The molecule has 42 heavy (non-hydrogen) atoms. The van der Waals surface area contributed by atoms with E-state index in [2.05, 4.69) is 26.0 Å². The number of fused-ring (bicyclic) bond motifs is 1. The highest BCUT2D eigenvalue weighted by atomic mass is 16.7. The zero-order valence-corrected chi connectivity index (χ0v) is 24.4. The van der Waals surface area contributed by atoms with Crippen LogP contribution in [-0.2, 0) is 19.1 Å². The highest BCUT2D eigenvalue weighted by molar-refractivity contribution is 6.05. The lowest BCUT2D eigenvalue weighted by atomic mass is 10.1. The maximum Gasteiger partial charge on any atom is 0.419 e. The third-order valence-corrected chi connectivity index (χ3v) is 6.64. The third kappa shape index (κ3) is 7.19. The van der Waals surface area contributed by atoms with Gasteiger partial charge in [0.25, 0.3) is 11.8 Å². The van der Waals surface area contributed by atoms with Crippen LogP contribution in [0.4, 0.5) is 16.3 Å². The molecular formula is C28H35N7O7. The Balaban J connectivity index is 1.83. The van der Waals surface area contributed by atoms with E-state index in [-0.39, 0.29) is 24.1 Å². The molecule has 4 amide bonds. The van der Waals surface area contributed by atoms with Crippen LogP contribution in [0.15, 0.2) is 30.7 Å². The summed E-state index contributed by atoms with van der Waals surface area (Å²) in [7, 11) is 0. The highest BCUT2D eigenvalue weighted by Crippen LogP contribution is 2.28. The number of rotatable bonds is 12. The van der Waals surface area contributed by atoms with Crippen molar-refractivity contribution in [1.29, 1.82) is 0 Å². The van der Waals surface area contributed by atoms with Crippen molar-refractivity contribution in [3.8, 4) is 0 Å². The molecule has 2 aromatic heterocycles. The van der Waals surface area contributed by atoms with Gasteiger partial charge in [-0.05, 0) is 64.3 Å². The minimum atomic E-state index is -1.02. The van der Waals surface area contributed by atoms with Gasteiger partial charge in [-0.2, -0.15) is 5.10 Å². The average Bonchev–Trinajstić information content (AvgIpc) is 3.31. The van der Waals surface area contributed by atoms with Crippen LogP contribution >= 0.6 is 0 Å². The van der Waals surface area contributed by atoms with Gasteiger partial charge in [0.15, 0.2) is 5.82 Å². The summed E-state index contributed by atoms with van der Waals surface area (Å²) in [4.78, 5) is 66.2. The minimum Gasteiger partial charge on any atom is -0.426 e. The number of imide groups is 1. The standard InChI is InChI=1S/C28H35N7O7/c1-7-17(4)32-25(37)20-10-9-16(3)22(11-20)33-24-23-18(5)21(12-35(23)31-13-29-24)26(38)34(8-2)28(40)42-15-41-27(39)19(6)30-14-36/h9-14,17,19H,7-8,15H2,1-6H3,(H,30,36)(H,32,37)(H,29,31,33). The Kier molecular flexibility index (Phi) is 10.5. The summed E-state index contributed by atoms with van der Waals surface area (Å²) in [5.74, 6) is -1.27. The molecule has 224 valence electrons. The maximum atomic E-state index is 13.4. The van der Waals surface area contributed by atoms with Crippen LogP contribution in [0.5, 0.6) is 0 Å². The molecule has 0 radical (unpaired) electrons. The first-order chi connectivity index (χ1) is 20.0. The first-order valence-electron chi connectivity index (χ1n) is 13.4. The zero-order valence-electron chi connectivity index (χ0n) is 24.4. The number of nitrogens with zero attached hydrogens (tertiary/aromatic N) is 4. The Morgan fingerprint density at radius 2 is 1.86 bits per heavy atom. The summed E-state index contributed by atoms with van der Waals surface area (Å²) in [6.07, 6.45) is 2.92. The second-order valence-electron chi connectivity index (χ2n) is 9.55. The molecular weight excluding hydrogens is 546 g/mol. The molecule has 14 nitrogen and oxygen atoms in total. The fraction of sp³-hybridized carbons (Fsp3) is 0.393. The monoisotopic (exact) mass is 581 g/mol. The molecule has 3 aromatic rings. The summed E-state index contributed by atoms with van der Waals surface area (Å²) in [6, 6.07) is 4.40. The first kappa shape index (κ1) is 31.5. The van der Waals surface area contributed by atoms with Crippen molar-refractivity contribution in [3.63, 3.8) is 0 Å². The number of anilines is 2. The van der Waals surface area contributed by atoms with Crippen LogP contribution in [0.1, 0.15) is 66.0 Å². The molecule has 0 bridgehead atoms. The quantitative estimate of drug-likeness (QED) is 0.164. The molecule has 0 spiro atoms. The van der Waals surface area contributed by atoms with E-state index in [1.807, 2.05) is 26.8 Å². The number of carbonyl (C=O) groups is 5. The van der Waals surface area contributed by atoms with E-state index in [0.29, 0.717) is 34.6 Å². The minimum absolute atomic E-state index is 0.0260. The summed E-state index contributed by atoms with van der Waals surface area (Å²) in [5, 5.41) is 12.6. The SMILES string of the molecule is CCC(C)NC(=O)c1ccc(C)c(Nc2ncnn3cc(C(=O)N(CC)C(=O)OCOC(=O)C(C)NC=O)c(C)c23)c1. The lowest BCUT2D eigenvalue weighted by molar-refractivity contribution is -0.154. The second kappa shape index (κ2) is 14.1. The predicted octanol–water partition coefficient (Wildman–Crippen LogP) is 2.85. The molecule has 14 heteroatoms. The van der Waals surface area contributed by atoms with Gasteiger partial charge in [0, 0.05) is 30.0 Å². The fourth-order valence-electron chi connectivity index (χ4n) is 3.91. The highest BCUT2D eigenvalue weighted by Gasteiger charge is 2.27. The molecule has 0 aliphatic carbocycles. The Morgan fingerprint density at radius 3 is 2.52 bits per heavy atom. The molecule has 3 rings (SSSR count). The van der Waals surface area contributed by atoms with Gasteiger partial charge < -0.3 is 25.4 Å². The summed E-state index contributed by atoms with van der Waals surface area (Å²) >= 11 is 0. The van der Waals surface area contributed by atoms with E-state index >= 15 is 0 Å². The number of benzene rings is 1. The van der Waals surface area contributed by atoms with Crippen molar-refractivity contribution >= 4 is 47.3 Å². The Labute approximate surface area is 242 Å². The number of aryl methyl sites for hydroxylation is 2. The molecule has 3 N–H and O–H groups in total. The Bertz CT molecular complexity index is 1490. The summed E-state index contributed by atoms with van der Waals surface area (Å²) < 4.78 is 11.2. The van der Waals surface area contributed by atoms with Gasteiger partial charge in [0.2, 0.25) is 13.2 Å². The lowest BCUT2D eigenvalue weighted by Crippen LogP contribution is -2.39. The molecule has 0 saturated heterocycles. The molecule has 0 saturated carbocycles. The summed E-state index contributed by atoms with van der Waals surface area (Å²) in [6.45, 7) is 9.73. The van der Waals surface area contributed by atoms with Crippen LogP contribution in [0.2, 0.25) is 0 Å². The first-order valence-corrected chi connectivity index (χ1v) is 13.4. The van der Waals surface area contributed by atoms with Crippen molar-refractivity contribution in [1.82, 2.24) is 30.1 Å². The van der Waals surface area contributed by atoms with Crippen LogP contribution < -0.4 is 16.0 Å². The van der Waals surface area contributed by atoms with Gasteiger partial charge in [-0.3, -0.25) is 14.4 Å². The average molecular weight is 582 g/mol. The van der Waals surface area contributed by atoms with E-state index < -0.39 is 30.8 Å². The molecule has 0 aliphatic heterocycles. The zero-order chi connectivity index (χ0) is 31.0. The maximum absolute atomic E-state index is 13.4. The van der Waals surface area contributed by atoms with Gasteiger partial charge in [0.05, 0.1) is 5.56 Å². The molecule has 2 atom stereocenters. The van der Waals surface area contributed by atoms with Crippen molar-refractivity contribution in [3.05, 3.63) is 53.0 Å². The fourth-order valence-corrected chi connectivity index (χ4v) is 3.91. The van der Waals surface area contributed by atoms with Crippen molar-refractivity contribution in [2.24, 2.45) is 0 Å². The van der Waals surface area contributed by atoms with Crippen LogP contribution in [0.25, 0.3) is 5.52 Å². The number of nitrogens with one attached hydrogen (secondary N) is 3. The number of amides is 4. The van der Waals surface area contributed by atoms with Gasteiger partial charge in [-0.1, -0.05) is 13.0 Å². The number of hydrogen-bond donors (Lipinski definition) is 3. The number of aromatic nitrogens is 3. The number of carbonyl (C=O) groups excluding carboxylic acids is 5.